The first kappa shape index (κ1) is 20.3. The van der Waals surface area contributed by atoms with Crippen LogP contribution in [0, 0.1) is 0 Å². The molecule has 0 atom stereocenters. The van der Waals surface area contributed by atoms with Crippen LogP contribution >= 0.6 is 11.6 Å². The van der Waals surface area contributed by atoms with Gasteiger partial charge in [0.15, 0.2) is 5.69 Å². The highest BCUT2D eigenvalue weighted by Gasteiger charge is 2.41. The monoisotopic (exact) mass is 393 g/mol. The second-order valence-electron chi connectivity index (χ2n) is 5.92. The third-order valence-electron chi connectivity index (χ3n) is 3.67. The first-order valence-electron chi connectivity index (χ1n) is 8.11. The van der Waals surface area contributed by atoms with Crippen LogP contribution in [0.2, 0.25) is 5.02 Å². The molecule has 10 heteroatoms. The van der Waals surface area contributed by atoms with Crippen LogP contribution in [0.1, 0.15) is 50.4 Å². The van der Waals surface area contributed by atoms with E-state index in [1.165, 1.54) is 6.92 Å². The second kappa shape index (κ2) is 8.11. The standard InChI is InChI=1S/C16H19ClF3N3O3/c1-3-26-12(25)8-9(2)21-11(24)6-7-23-14(10-4-5-10)13(17)15(22-23)16(18,19)20/h8,10H,3-7H2,1-2H3,(H,21,24)/b9-8+. The summed E-state index contributed by atoms with van der Waals surface area (Å²) in [5.74, 6) is -1.10. The molecule has 0 saturated heterocycles. The largest absolute Gasteiger partial charge is 0.463 e. The van der Waals surface area contributed by atoms with E-state index in [4.69, 9.17) is 16.3 Å². The Morgan fingerprint density at radius 3 is 2.62 bits per heavy atom. The zero-order valence-corrected chi connectivity index (χ0v) is 15.1. The Balaban J connectivity index is 2.03. The summed E-state index contributed by atoms with van der Waals surface area (Å²) in [6, 6.07) is 0. The fourth-order valence-corrected chi connectivity index (χ4v) is 2.83. The first-order chi connectivity index (χ1) is 12.1. The molecular weight excluding hydrogens is 375 g/mol. The van der Waals surface area contributed by atoms with Gasteiger partial charge in [-0.05, 0) is 26.7 Å². The lowest BCUT2D eigenvalue weighted by molar-refractivity contribution is -0.141. The molecule has 6 nitrogen and oxygen atoms in total. The van der Waals surface area contributed by atoms with Gasteiger partial charge in [-0.15, -0.1) is 0 Å². The van der Waals surface area contributed by atoms with E-state index >= 15 is 0 Å². The Morgan fingerprint density at radius 1 is 1.42 bits per heavy atom. The normalized spacial score (nSPS) is 15.1. The summed E-state index contributed by atoms with van der Waals surface area (Å²) < 4.78 is 44.8. The molecule has 1 aromatic rings. The molecule has 144 valence electrons. The summed E-state index contributed by atoms with van der Waals surface area (Å²) in [6.45, 7) is 3.33. The Kier molecular flexibility index (Phi) is 6.33. The van der Waals surface area contributed by atoms with Crippen molar-refractivity contribution in [3.05, 3.63) is 28.2 Å². The van der Waals surface area contributed by atoms with E-state index in [1.54, 1.807) is 6.92 Å². The highest BCUT2D eigenvalue weighted by molar-refractivity contribution is 6.32. The molecule has 0 bridgehead atoms. The number of ether oxygens (including phenoxy) is 1. The molecule has 1 aliphatic carbocycles. The number of hydrogen-bond acceptors (Lipinski definition) is 4. The Bertz CT molecular complexity index is 724. The minimum absolute atomic E-state index is 0.0415. The van der Waals surface area contributed by atoms with Gasteiger partial charge in [0, 0.05) is 24.1 Å². The number of halogens is 4. The molecule has 1 fully saturated rings. The zero-order chi connectivity index (χ0) is 19.5. The average Bonchev–Trinajstić information content (AvgIpc) is 3.27. The van der Waals surface area contributed by atoms with Crippen molar-refractivity contribution in [2.24, 2.45) is 0 Å². The molecule has 26 heavy (non-hydrogen) atoms. The molecule has 1 N–H and O–H groups in total. The van der Waals surface area contributed by atoms with E-state index in [-0.39, 0.29) is 31.2 Å². The number of aryl methyl sites for hydroxylation is 1. The number of alkyl halides is 3. The maximum Gasteiger partial charge on any atom is 0.436 e. The van der Waals surface area contributed by atoms with E-state index in [1.807, 2.05) is 0 Å². The van der Waals surface area contributed by atoms with Gasteiger partial charge in [0.25, 0.3) is 0 Å². The molecule has 0 unspecified atom stereocenters. The van der Waals surface area contributed by atoms with Crippen LogP contribution in [0.3, 0.4) is 0 Å². The van der Waals surface area contributed by atoms with Gasteiger partial charge >= 0.3 is 12.1 Å². The molecule has 1 amide bonds. The summed E-state index contributed by atoms with van der Waals surface area (Å²) in [4.78, 5) is 23.2. The minimum atomic E-state index is -4.65. The van der Waals surface area contributed by atoms with Crippen LogP contribution in [0.4, 0.5) is 13.2 Å². The molecule has 2 rings (SSSR count). The number of nitrogens with one attached hydrogen (secondary N) is 1. The van der Waals surface area contributed by atoms with Gasteiger partial charge in [-0.3, -0.25) is 9.48 Å². The topological polar surface area (TPSA) is 73.2 Å². The number of allylic oxidation sites excluding steroid dienone is 1. The summed E-state index contributed by atoms with van der Waals surface area (Å²) in [6.07, 6.45) is -2.13. The predicted molar refractivity (Wildman–Crippen MR) is 87.4 cm³/mol. The SMILES string of the molecule is CCOC(=O)/C=C(\C)NC(=O)CCn1nc(C(F)(F)F)c(Cl)c1C1CC1. The van der Waals surface area contributed by atoms with E-state index in [9.17, 15) is 22.8 Å². The number of aromatic nitrogens is 2. The van der Waals surface area contributed by atoms with Crippen molar-refractivity contribution in [1.29, 1.82) is 0 Å². The maximum absolute atomic E-state index is 13.0. The number of carbonyl (C=O) groups excluding carboxylic acids is 2. The van der Waals surface area contributed by atoms with Crippen molar-refractivity contribution in [3.63, 3.8) is 0 Å². The lowest BCUT2D eigenvalue weighted by Crippen LogP contribution is -2.24. The van der Waals surface area contributed by atoms with Crippen molar-refractivity contribution in [3.8, 4) is 0 Å². The van der Waals surface area contributed by atoms with E-state index in [0.717, 1.165) is 23.6 Å². The summed E-state index contributed by atoms with van der Waals surface area (Å²) in [5.41, 5.74) is -0.518. The molecule has 0 aromatic carbocycles. The van der Waals surface area contributed by atoms with Gasteiger partial charge in [-0.1, -0.05) is 11.6 Å². The van der Waals surface area contributed by atoms with Crippen LogP contribution in [0.5, 0.6) is 0 Å². The number of amides is 1. The Morgan fingerprint density at radius 2 is 2.08 bits per heavy atom. The quantitative estimate of drug-likeness (QED) is 0.569. The van der Waals surface area contributed by atoms with Gasteiger partial charge < -0.3 is 10.1 Å². The number of carbonyl (C=O) groups is 2. The molecule has 1 heterocycles. The molecule has 1 saturated carbocycles. The van der Waals surface area contributed by atoms with Crippen molar-refractivity contribution < 1.29 is 27.5 Å². The number of esters is 1. The number of nitrogens with zero attached hydrogens (tertiary/aromatic N) is 2. The van der Waals surface area contributed by atoms with Crippen molar-refractivity contribution in [1.82, 2.24) is 15.1 Å². The fourth-order valence-electron chi connectivity index (χ4n) is 2.44. The van der Waals surface area contributed by atoms with Gasteiger partial charge in [0.2, 0.25) is 5.91 Å². The van der Waals surface area contributed by atoms with Gasteiger partial charge in [0.05, 0.1) is 23.9 Å². The van der Waals surface area contributed by atoms with Crippen LogP contribution in [0.25, 0.3) is 0 Å². The maximum atomic E-state index is 13.0. The second-order valence-corrected chi connectivity index (χ2v) is 6.30. The summed E-state index contributed by atoms with van der Waals surface area (Å²) in [5, 5.41) is 5.65. The Labute approximate surface area is 153 Å². The summed E-state index contributed by atoms with van der Waals surface area (Å²) in [7, 11) is 0. The van der Waals surface area contributed by atoms with Crippen molar-refractivity contribution in [2.75, 3.05) is 6.61 Å². The fraction of sp³-hybridized carbons (Fsp3) is 0.562. The van der Waals surface area contributed by atoms with E-state index in [0.29, 0.717) is 5.69 Å². The van der Waals surface area contributed by atoms with Gasteiger partial charge in [-0.25, -0.2) is 4.79 Å². The third-order valence-corrected chi connectivity index (χ3v) is 4.04. The van der Waals surface area contributed by atoms with Crippen molar-refractivity contribution >= 4 is 23.5 Å². The average molecular weight is 394 g/mol. The van der Waals surface area contributed by atoms with Crippen molar-refractivity contribution in [2.45, 2.75) is 51.7 Å². The highest BCUT2D eigenvalue weighted by atomic mass is 35.5. The molecule has 1 aromatic heterocycles. The van der Waals surface area contributed by atoms with Crippen LogP contribution in [-0.4, -0.2) is 28.3 Å². The van der Waals surface area contributed by atoms with Gasteiger partial charge in [0.1, 0.15) is 0 Å². The predicted octanol–water partition coefficient (Wildman–Crippen LogP) is 3.41. The molecule has 0 radical (unpaired) electrons. The van der Waals surface area contributed by atoms with Gasteiger partial charge in [-0.2, -0.15) is 18.3 Å². The van der Waals surface area contributed by atoms with E-state index in [2.05, 4.69) is 10.4 Å². The van der Waals surface area contributed by atoms with Crippen LogP contribution in [0.15, 0.2) is 11.8 Å². The lowest BCUT2D eigenvalue weighted by Gasteiger charge is -2.08. The highest BCUT2D eigenvalue weighted by Crippen LogP contribution is 2.46. The van der Waals surface area contributed by atoms with E-state index < -0.39 is 28.8 Å². The third kappa shape index (κ3) is 5.23. The minimum Gasteiger partial charge on any atom is -0.463 e. The zero-order valence-electron chi connectivity index (χ0n) is 14.3. The molecule has 0 spiro atoms. The first-order valence-corrected chi connectivity index (χ1v) is 8.49. The smallest absolute Gasteiger partial charge is 0.436 e. The Hall–Kier alpha value is -2.03. The number of hydrogen-bond donors (Lipinski definition) is 1. The van der Waals surface area contributed by atoms with Crippen LogP contribution in [-0.2, 0) is 27.0 Å². The molecular formula is C16H19ClF3N3O3. The summed E-state index contributed by atoms with van der Waals surface area (Å²) >= 11 is 5.87. The number of rotatable bonds is 7. The molecule has 0 aliphatic heterocycles. The lowest BCUT2D eigenvalue weighted by atomic mass is 10.2. The van der Waals surface area contributed by atoms with Crippen LogP contribution < -0.4 is 5.32 Å². The molecule has 1 aliphatic rings.